The maximum Gasteiger partial charge on any atom is 0.317 e. The van der Waals surface area contributed by atoms with E-state index in [1.54, 1.807) is 0 Å². The Kier molecular flexibility index (Phi) is 4.10. The van der Waals surface area contributed by atoms with Crippen LogP contribution in [0.1, 0.15) is 12.8 Å². The molecule has 0 aromatic carbocycles. The van der Waals surface area contributed by atoms with Gasteiger partial charge in [0, 0.05) is 13.1 Å². The fourth-order valence-electron chi connectivity index (χ4n) is 1.64. The van der Waals surface area contributed by atoms with E-state index in [1.165, 1.54) is 4.90 Å². The van der Waals surface area contributed by atoms with Gasteiger partial charge in [0.2, 0.25) is 5.91 Å². The molecule has 1 atom stereocenters. The standard InChI is InChI=1S/C9H15N3O4/c10-7(13)4-11-9(16)12-3-1-2-6(5-12)8(14)15/h6H,1-5H2,(H2,10,13)(H,11,16)(H,14,15). The van der Waals surface area contributed by atoms with E-state index in [0.717, 1.165) is 0 Å². The molecule has 0 aromatic rings. The molecule has 7 nitrogen and oxygen atoms in total. The second kappa shape index (κ2) is 5.34. The molecule has 1 aliphatic rings. The molecule has 1 fully saturated rings. The molecular weight excluding hydrogens is 214 g/mol. The smallest absolute Gasteiger partial charge is 0.317 e. The third-order valence-corrected chi connectivity index (χ3v) is 2.47. The lowest BCUT2D eigenvalue weighted by Gasteiger charge is -2.30. The summed E-state index contributed by atoms with van der Waals surface area (Å²) < 4.78 is 0. The van der Waals surface area contributed by atoms with Crippen LogP contribution < -0.4 is 11.1 Å². The van der Waals surface area contributed by atoms with Gasteiger partial charge in [-0.05, 0) is 12.8 Å². The first-order valence-electron chi connectivity index (χ1n) is 5.04. The Morgan fingerprint density at radius 3 is 2.69 bits per heavy atom. The van der Waals surface area contributed by atoms with Gasteiger partial charge in [-0.3, -0.25) is 9.59 Å². The quantitative estimate of drug-likeness (QED) is 0.574. The van der Waals surface area contributed by atoms with Crippen LogP contribution in [-0.4, -0.2) is 47.5 Å². The number of carbonyl (C=O) groups excluding carboxylic acids is 2. The van der Waals surface area contributed by atoms with Gasteiger partial charge in [-0.1, -0.05) is 0 Å². The molecule has 0 aliphatic carbocycles. The number of carboxylic acids is 1. The molecule has 1 rings (SSSR count). The Balaban J connectivity index is 2.43. The lowest BCUT2D eigenvalue weighted by atomic mass is 9.99. The van der Waals surface area contributed by atoms with Crippen molar-refractivity contribution in [3.8, 4) is 0 Å². The van der Waals surface area contributed by atoms with Crippen molar-refractivity contribution in [1.29, 1.82) is 0 Å². The second-order valence-corrected chi connectivity index (χ2v) is 3.75. The van der Waals surface area contributed by atoms with Crippen molar-refractivity contribution >= 4 is 17.9 Å². The molecule has 16 heavy (non-hydrogen) atoms. The number of carboxylic acid groups (broad SMARTS) is 1. The molecule has 0 radical (unpaired) electrons. The fraction of sp³-hybridized carbons (Fsp3) is 0.667. The average molecular weight is 229 g/mol. The van der Waals surface area contributed by atoms with E-state index < -0.39 is 23.8 Å². The molecule has 1 saturated heterocycles. The predicted octanol–water partition coefficient (Wildman–Crippen LogP) is -1.02. The molecule has 1 aliphatic heterocycles. The summed E-state index contributed by atoms with van der Waals surface area (Å²) in [5.41, 5.74) is 4.88. The average Bonchev–Trinajstić information content (AvgIpc) is 2.26. The lowest BCUT2D eigenvalue weighted by molar-refractivity contribution is -0.143. The number of carbonyl (C=O) groups is 3. The van der Waals surface area contributed by atoms with Gasteiger partial charge >= 0.3 is 12.0 Å². The van der Waals surface area contributed by atoms with Gasteiger partial charge < -0.3 is 21.1 Å². The number of likely N-dealkylation sites (tertiary alicyclic amines) is 1. The van der Waals surface area contributed by atoms with Crippen LogP contribution in [0.4, 0.5) is 4.79 Å². The molecular formula is C9H15N3O4. The maximum atomic E-state index is 11.5. The van der Waals surface area contributed by atoms with Gasteiger partial charge in [0.05, 0.1) is 12.5 Å². The summed E-state index contributed by atoms with van der Waals surface area (Å²) >= 11 is 0. The first kappa shape index (κ1) is 12.3. The van der Waals surface area contributed by atoms with Crippen molar-refractivity contribution in [3.05, 3.63) is 0 Å². The number of hydrogen-bond acceptors (Lipinski definition) is 3. The second-order valence-electron chi connectivity index (χ2n) is 3.75. The van der Waals surface area contributed by atoms with E-state index >= 15 is 0 Å². The van der Waals surface area contributed by atoms with Crippen LogP contribution in [0.2, 0.25) is 0 Å². The summed E-state index contributed by atoms with van der Waals surface area (Å²) in [6.45, 7) is 0.460. The Morgan fingerprint density at radius 1 is 1.44 bits per heavy atom. The van der Waals surface area contributed by atoms with Gasteiger partial charge in [-0.2, -0.15) is 0 Å². The summed E-state index contributed by atoms with van der Waals surface area (Å²) in [7, 11) is 0. The molecule has 0 aromatic heterocycles. The van der Waals surface area contributed by atoms with Crippen LogP contribution in [0.15, 0.2) is 0 Å². The van der Waals surface area contributed by atoms with E-state index in [4.69, 9.17) is 10.8 Å². The third-order valence-electron chi connectivity index (χ3n) is 2.47. The summed E-state index contributed by atoms with van der Waals surface area (Å²) in [6, 6.07) is -0.440. The van der Waals surface area contributed by atoms with Gasteiger partial charge in [0.25, 0.3) is 0 Å². The molecule has 4 N–H and O–H groups in total. The summed E-state index contributed by atoms with van der Waals surface area (Å²) in [5, 5.41) is 11.2. The van der Waals surface area contributed by atoms with Crippen molar-refractivity contribution in [2.24, 2.45) is 11.7 Å². The lowest BCUT2D eigenvalue weighted by Crippen LogP contribution is -2.48. The van der Waals surface area contributed by atoms with Crippen LogP contribution in [-0.2, 0) is 9.59 Å². The van der Waals surface area contributed by atoms with Gasteiger partial charge in [0.1, 0.15) is 0 Å². The molecule has 1 unspecified atom stereocenters. The van der Waals surface area contributed by atoms with Crippen LogP contribution in [0.5, 0.6) is 0 Å². The molecule has 0 bridgehead atoms. The number of nitrogens with two attached hydrogens (primary N) is 1. The van der Waals surface area contributed by atoms with E-state index in [0.29, 0.717) is 19.4 Å². The van der Waals surface area contributed by atoms with Crippen molar-refractivity contribution in [3.63, 3.8) is 0 Å². The number of nitrogens with one attached hydrogen (secondary N) is 1. The van der Waals surface area contributed by atoms with Crippen molar-refractivity contribution in [2.75, 3.05) is 19.6 Å². The zero-order valence-corrected chi connectivity index (χ0v) is 8.81. The Bertz CT molecular complexity index is 305. The minimum Gasteiger partial charge on any atom is -0.481 e. The van der Waals surface area contributed by atoms with E-state index in [2.05, 4.69) is 5.32 Å². The van der Waals surface area contributed by atoms with Crippen LogP contribution in [0.3, 0.4) is 0 Å². The van der Waals surface area contributed by atoms with Crippen LogP contribution in [0, 0.1) is 5.92 Å². The highest BCUT2D eigenvalue weighted by Gasteiger charge is 2.27. The Morgan fingerprint density at radius 2 is 2.12 bits per heavy atom. The largest absolute Gasteiger partial charge is 0.481 e. The van der Waals surface area contributed by atoms with Crippen molar-refractivity contribution in [1.82, 2.24) is 10.2 Å². The predicted molar refractivity (Wildman–Crippen MR) is 54.5 cm³/mol. The highest BCUT2D eigenvalue weighted by atomic mass is 16.4. The normalized spacial score (nSPS) is 20.2. The van der Waals surface area contributed by atoms with Crippen molar-refractivity contribution < 1.29 is 19.5 Å². The Hall–Kier alpha value is -1.79. The van der Waals surface area contributed by atoms with Crippen LogP contribution >= 0.6 is 0 Å². The summed E-state index contributed by atoms with van der Waals surface area (Å²) in [5.74, 6) is -2.04. The summed E-state index contributed by atoms with van der Waals surface area (Å²) in [4.78, 5) is 34.1. The number of rotatable bonds is 3. The van der Waals surface area contributed by atoms with Gasteiger partial charge in [-0.15, -0.1) is 0 Å². The van der Waals surface area contributed by atoms with Crippen molar-refractivity contribution in [2.45, 2.75) is 12.8 Å². The zero-order valence-electron chi connectivity index (χ0n) is 8.81. The van der Waals surface area contributed by atoms with Gasteiger partial charge in [0.15, 0.2) is 0 Å². The first-order chi connectivity index (χ1) is 7.50. The van der Waals surface area contributed by atoms with E-state index in [1.807, 2.05) is 0 Å². The number of piperidine rings is 1. The Labute approximate surface area is 92.6 Å². The molecule has 1 heterocycles. The topological polar surface area (TPSA) is 113 Å². The zero-order chi connectivity index (χ0) is 12.1. The maximum absolute atomic E-state index is 11.5. The number of hydrogen-bond donors (Lipinski definition) is 3. The number of primary amides is 1. The third kappa shape index (κ3) is 3.41. The number of urea groups is 1. The minimum absolute atomic E-state index is 0.180. The molecule has 7 heteroatoms. The first-order valence-corrected chi connectivity index (χ1v) is 5.04. The fourth-order valence-corrected chi connectivity index (χ4v) is 1.64. The minimum atomic E-state index is -0.896. The van der Waals surface area contributed by atoms with E-state index in [9.17, 15) is 14.4 Å². The highest BCUT2D eigenvalue weighted by molar-refractivity contribution is 5.83. The monoisotopic (exact) mass is 229 g/mol. The number of nitrogens with zero attached hydrogens (tertiary/aromatic N) is 1. The van der Waals surface area contributed by atoms with Gasteiger partial charge in [-0.25, -0.2) is 4.79 Å². The number of aliphatic carboxylic acids is 1. The molecule has 0 spiro atoms. The van der Waals surface area contributed by atoms with Crippen LogP contribution in [0.25, 0.3) is 0 Å². The highest BCUT2D eigenvalue weighted by Crippen LogP contribution is 2.16. The number of amides is 3. The molecule has 0 saturated carbocycles. The van der Waals surface area contributed by atoms with E-state index in [-0.39, 0.29) is 13.1 Å². The molecule has 90 valence electrons. The summed E-state index contributed by atoms with van der Waals surface area (Å²) in [6.07, 6.45) is 1.23. The molecule has 3 amide bonds. The SMILES string of the molecule is NC(=O)CNC(=O)N1CCCC(C(=O)O)C1.